The number of unbranched alkanes of at least 4 members (excludes halogenated alkanes) is 3. The molecule has 1 unspecified atom stereocenters. The number of carbonyl (C=O) groups excluding carboxylic acids is 2. The van der Waals surface area contributed by atoms with Crippen molar-refractivity contribution in [3.63, 3.8) is 0 Å². The van der Waals surface area contributed by atoms with Gasteiger partial charge in [-0.3, -0.25) is 4.79 Å². The molecule has 1 amide bonds. The Morgan fingerprint density at radius 2 is 1.76 bits per heavy atom. The predicted octanol–water partition coefficient (Wildman–Crippen LogP) is 2.62. The molecule has 0 saturated heterocycles. The first-order valence-electron chi connectivity index (χ1n) is 9.31. The molecule has 0 aliphatic carbocycles. The highest BCUT2D eigenvalue weighted by molar-refractivity contribution is 5.67. The molecule has 0 aliphatic heterocycles. The van der Waals surface area contributed by atoms with Gasteiger partial charge in [-0.25, -0.2) is 4.79 Å². The van der Waals surface area contributed by atoms with Gasteiger partial charge in [-0.1, -0.05) is 26.7 Å². The number of hydrogen-bond acceptors (Lipinski definition) is 6. The minimum absolute atomic E-state index is 0.0111. The van der Waals surface area contributed by atoms with Crippen molar-refractivity contribution in [2.45, 2.75) is 65.4 Å². The molecule has 0 bridgehead atoms. The molecular formula is C18H36N2O5. The molecule has 0 fully saturated rings. The third-order valence-corrected chi connectivity index (χ3v) is 3.51. The quantitative estimate of drug-likeness (QED) is 0.344. The molecule has 1 atom stereocenters. The number of hydrogen-bond donors (Lipinski definition) is 2. The van der Waals surface area contributed by atoms with Crippen molar-refractivity contribution < 1.29 is 23.8 Å². The highest BCUT2D eigenvalue weighted by atomic mass is 16.6. The molecule has 7 nitrogen and oxygen atoms in total. The maximum Gasteiger partial charge on any atom is 0.407 e. The van der Waals surface area contributed by atoms with E-state index < -0.39 is 18.2 Å². The summed E-state index contributed by atoms with van der Waals surface area (Å²) in [5.41, 5.74) is 5.42. The standard InChI is InChI=1S/C18H36N2O5/c1-15(2)9-8-12-23-13-17(25-16(3)21)14-24-18(22)20-11-7-5-4-6-10-19/h15,17H,4-14,19H2,1-3H3,(H,20,22). The molecule has 0 aromatic rings. The SMILES string of the molecule is CC(=O)OC(COCCCC(C)C)COC(=O)NCCCCCCN. The molecule has 0 saturated carbocycles. The summed E-state index contributed by atoms with van der Waals surface area (Å²) >= 11 is 0. The summed E-state index contributed by atoms with van der Waals surface area (Å²) in [6.45, 7) is 7.73. The van der Waals surface area contributed by atoms with Crippen molar-refractivity contribution in [1.29, 1.82) is 0 Å². The summed E-state index contributed by atoms with van der Waals surface area (Å²) in [7, 11) is 0. The molecule has 3 N–H and O–H groups in total. The van der Waals surface area contributed by atoms with Gasteiger partial charge in [0.1, 0.15) is 6.61 Å². The van der Waals surface area contributed by atoms with Crippen LogP contribution in [0.1, 0.15) is 59.3 Å². The molecule has 0 rings (SSSR count). The van der Waals surface area contributed by atoms with Crippen LogP contribution in [0, 0.1) is 5.92 Å². The second-order valence-corrected chi connectivity index (χ2v) is 6.57. The zero-order chi connectivity index (χ0) is 18.9. The smallest absolute Gasteiger partial charge is 0.407 e. The van der Waals surface area contributed by atoms with Gasteiger partial charge in [-0.05, 0) is 38.1 Å². The molecule has 0 aliphatic rings. The topological polar surface area (TPSA) is 99.9 Å². The number of ether oxygens (including phenoxy) is 3. The van der Waals surface area contributed by atoms with Crippen LogP contribution in [0.15, 0.2) is 0 Å². The second kappa shape index (κ2) is 16.1. The number of amides is 1. The first-order valence-corrected chi connectivity index (χ1v) is 9.31. The van der Waals surface area contributed by atoms with E-state index in [-0.39, 0.29) is 13.2 Å². The number of esters is 1. The van der Waals surface area contributed by atoms with Gasteiger partial charge in [0.2, 0.25) is 0 Å². The molecule has 0 radical (unpaired) electrons. The zero-order valence-corrected chi connectivity index (χ0v) is 16.1. The second-order valence-electron chi connectivity index (χ2n) is 6.57. The van der Waals surface area contributed by atoms with Crippen LogP contribution >= 0.6 is 0 Å². The fourth-order valence-corrected chi connectivity index (χ4v) is 2.19. The Balaban J connectivity index is 3.85. The van der Waals surface area contributed by atoms with Crippen molar-refractivity contribution >= 4 is 12.1 Å². The minimum atomic E-state index is -0.577. The van der Waals surface area contributed by atoms with E-state index in [2.05, 4.69) is 19.2 Å². The number of nitrogens with two attached hydrogens (primary N) is 1. The lowest BCUT2D eigenvalue weighted by Crippen LogP contribution is -2.33. The lowest BCUT2D eigenvalue weighted by molar-refractivity contribution is -0.152. The third-order valence-electron chi connectivity index (χ3n) is 3.51. The highest BCUT2D eigenvalue weighted by Gasteiger charge is 2.15. The van der Waals surface area contributed by atoms with Gasteiger partial charge in [-0.2, -0.15) is 0 Å². The Morgan fingerprint density at radius 3 is 2.40 bits per heavy atom. The van der Waals surface area contributed by atoms with Gasteiger partial charge in [0.05, 0.1) is 6.61 Å². The highest BCUT2D eigenvalue weighted by Crippen LogP contribution is 2.04. The molecule has 0 aromatic heterocycles. The van der Waals surface area contributed by atoms with Crippen LogP contribution < -0.4 is 11.1 Å². The van der Waals surface area contributed by atoms with Gasteiger partial charge in [0.15, 0.2) is 6.10 Å². The van der Waals surface area contributed by atoms with E-state index in [9.17, 15) is 9.59 Å². The summed E-state index contributed by atoms with van der Waals surface area (Å²) in [5.74, 6) is 0.217. The summed E-state index contributed by atoms with van der Waals surface area (Å²) in [4.78, 5) is 22.8. The fraction of sp³-hybridized carbons (Fsp3) is 0.889. The fourth-order valence-electron chi connectivity index (χ4n) is 2.19. The van der Waals surface area contributed by atoms with Gasteiger partial charge < -0.3 is 25.3 Å². The van der Waals surface area contributed by atoms with E-state index >= 15 is 0 Å². The zero-order valence-electron chi connectivity index (χ0n) is 16.1. The van der Waals surface area contributed by atoms with E-state index in [0.717, 1.165) is 38.5 Å². The van der Waals surface area contributed by atoms with Gasteiger partial charge in [0.25, 0.3) is 0 Å². The van der Waals surface area contributed by atoms with Crippen molar-refractivity contribution in [3.05, 3.63) is 0 Å². The van der Waals surface area contributed by atoms with Crippen LogP contribution in [0.3, 0.4) is 0 Å². The third kappa shape index (κ3) is 17.3. The first-order chi connectivity index (χ1) is 12.0. The lowest BCUT2D eigenvalue weighted by Gasteiger charge is -2.17. The Labute approximate surface area is 151 Å². The van der Waals surface area contributed by atoms with Crippen molar-refractivity contribution in [2.24, 2.45) is 11.7 Å². The number of alkyl carbamates (subject to hydrolysis) is 1. The summed E-state index contributed by atoms with van der Waals surface area (Å²) in [6.07, 6.45) is 4.95. The average Bonchev–Trinajstić information content (AvgIpc) is 2.54. The van der Waals surface area contributed by atoms with E-state index in [1.54, 1.807) is 0 Å². The van der Waals surface area contributed by atoms with E-state index in [1.807, 2.05) is 0 Å². The predicted molar refractivity (Wildman–Crippen MR) is 97.3 cm³/mol. The normalized spacial score (nSPS) is 12.0. The van der Waals surface area contributed by atoms with Crippen LogP contribution in [0.25, 0.3) is 0 Å². The molecule has 7 heteroatoms. The molecule has 148 valence electrons. The number of rotatable bonds is 15. The Hall–Kier alpha value is -1.34. The molecule has 25 heavy (non-hydrogen) atoms. The Kier molecular flexibility index (Phi) is 15.3. The van der Waals surface area contributed by atoms with Crippen LogP contribution in [-0.2, 0) is 19.0 Å². The van der Waals surface area contributed by atoms with Crippen molar-refractivity contribution in [3.8, 4) is 0 Å². The maximum atomic E-state index is 11.6. The van der Waals surface area contributed by atoms with E-state index in [0.29, 0.717) is 25.6 Å². The van der Waals surface area contributed by atoms with Crippen LogP contribution in [0.5, 0.6) is 0 Å². The Morgan fingerprint density at radius 1 is 1.04 bits per heavy atom. The van der Waals surface area contributed by atoms with E-state index in [4.69, 9.17) is 19.9 Å². The summed E-state index contributed by atoms with van der Waals surface area (Å²) in [5, 5.41) is 2.68. The molecule has 0 aromatic carbocycles. The van der Waals surface area contributed by atoms with E-state index in [1.165, 1.54) is 6.92 Å². The monoisotopic (exact) mass is 360 g/mol. The van der Waals surface area contributed by atoms with Gasteiger partial charge in [0, 0.05) is 20.1 Å². The van der Waals surface area contributed by atoms with Crippen molar-refractivity contribution in [1.82, 2.24) is 5.32 Å². The van der Waals surface area contributed by atoms with Gasteiger partial charge >= 0.3 is 12.1 Å². The van der Waals surface area contributed by atoms with Crippen LogP contribution in [0.4, 0.5) is 4.79 Å². The van der Waals surface area contributed by atoms with Crippen LogP contribution in [0.2, 0.25) is 0 Å². The number of carbonyl (C=O) groups is 2. The maximum absolute atomic E-state index is 11.6. The first kappa shape index (κ1) is 23.7. The van der Waals surface area contributed by atoms with Gasteiger partial charge in [-0.15, -0.1) is 0 Å². The Bertz CT molecular complexity index is 350. The molecule has 0 spiro atoms. The number of nitrogens with one attached hydrogen (secondary N) is 1. The average molecular weight is 360 g/mol. The largest absolute Gasteiger partial charge is 0.456 e. The van der Waals surface area contributed by atoms with Crippen LogP contribution in [-0.4, -0.2) is 51.1 Å². The molecule has 0 heterocycles. The minimum Gasteiger partial charge on any atom is -0.456 e. The summed E-state index contributed by atoms with van der Waals surface area (Å²) < 4.78 is 15.7. The summed E-state index contributed by atoms with van der Waals surface area (Å²) in [6, 6.07) is 0. The lowest BCUT2D eigenvalue weighted by atomic mass is 10.1. The molecular weight excluding hydrogens is 324 g/mol. The van der Waals surface area contributed by atoms with Crippen molar-refractivity contribution in [2.75, 3.05) is 32.9 Å².